The molecular formula is C27H44N4OS. The van der Waals surface area contributed by atoms with E-state index in [1.165, 1.54) is 41.5 Å². The minimum Gasteiger partial charge on any atom is -0.388 e. The molecule has 1 unspecified atom stereocenters. The molecule has 1 fully saturated rings. The van der Waals surface area contributed by atoms with E-state index in [0.717, 1.165) is 68.7 Å². The van der Waals surface area contributed by atoms with Crippen molar-refractivity contribution in [3.63, 3.8) is 0 Å². The summed E-state index contributed by atoms with van der Waals surface area (Å²) in [5.74, 6) is 1.03. The second-order valence-corrected chi connectivity index (χ2v) is 11.0. The predicted molar refractivity (Wildman–Crippen MR) is 143 cm³/mol. The van der Waals surface area contributed by atoms with Gasteiger partial charge in [0.2, 0.25) is 0 Å². The number of hydrogen-bond acceptors (Lipinski definition) is 6. The topological polar surface area (TPSA) is 61.3 Å². The fourth-order valence-electron chi connectivity index (χ4n) is 5.05. The van der Waals surface area contributed by atoms with Gasteiger partial charge in [0.05, 0.1) is 11.0 Å². The molecule has 0 spiro atoms. The van der Waals surface area contributed by atoms with Gasteiger partial charge in [-0.15, -0.1) is 17.9 Å². The highest BCUT2D eigenvalue weighted by molar-refractivity contribution is 7.19. The SMILES string of the molecule is C=CCc1sc2ncnc(N(CC(C)(O)CCCCC)C3CCNCC3)c2c1CCCCC. The van der Waals surface area contributed by atoms with Gasteiger partial charge >= 0.3 is 0 Å². The Morgan fingerprint density at radius 1 is 1.18 bits per heavy atom. The summed E-state index contributed by atoms with van der Waals surface area (Å²) in [7, 11) is 0. The normalized spacial score (nSPS) is 16.7. The van der Waals surface area contributed by atoms with E-state index >= 15 is 0 Å². The standard InChI is InChI=1S/C27H44N4OS/c1-5-8-10-13-22-23(12-7-3)33-26-24(22)25(29-20-30-26)31(21-14-17-28-18-15-21)19-27(4,32)16-11-9-6-2/h7,20-21,28,32H,3,5-6,8-19H2,1-2,4H3. The number of unbranched alkanes of at least 4 members (excludes halogenated alkanes) is 4. The minimum absolute atomic E-state index is 0.383. The van der Waals surface area contributed by atoms with Crippen LogP contribution < -0.4 is 10.2 Å². The summed E-state index contributed by atoms with van der Waals surface area (Å²) in [4.78, 5) is 14.5. The van der Waals surface area contributed by atoms with Crippen molar-refractivity contribution >= 4 is 27.4 Å². The van der Waals surface area contributed by atoms with Crippen LogP contribution in [0.15, 0.2) is 19.0 Å². The summed E-state index contributed by atoms with van der Waals surface area (Å²) in [6.45, 7) is 13.1. The van der Waals surface area contributed by atoms with Crippen molar-refractivity contribution in [2.45, 2.75) is 103 Å². The smallest absolute Gasteiger partial charge is 0.141 e. The highest BCUT2D eigenvalue weighted by Gasteiger charge is 2.32. The third kappa shape index (κ3) is 7.00. The zero-order valence-corrected chi connectivity index (χ0v) is 21.9. The van der Waals surface area contributed by atoms with Crippen molar-refractivity contribution in [3.05, 3.63) is 29.4 Å². The van der Waals surface area contributed by atoms with E-state index in [4.69, 9.17) is 4.98 Å². The lowest BCUT2D eigenvalue weighted by molar-refractivity contribution is 0.0523. The quantitative estimate of drug-likeness (QED) is 0.259. The Morgan fingerprint density at radius 2 is 1.91 bits per heavy atom. The van der Waals surface area contributed by atoms with Crippen LogP contribution in [-0.2, 0) is 12.8 Å². The first-order valence-corrected chi connectivity index (χ1v) is 13.9. The second-order valence-electron chi connectivity index (χ2n) is 9.89. The number of hydrogen-bond donors (Lipinski definition) is 2. The van der Waals surface area contributed by atoms with Crippen LogP contribution in [0.3, 0.4) is 0 Å². The first kappa shape index (κ1) is 26.1. The molecule has 0 amide bonds. The average molecular weight is 473 g/mol. The number of aryl methyl sites for hydroxylation is 1. The summed E-state index contributed by atoms with van der Waals surface area (Å²) in [6, 6.07) is 0.383. The molecule has 3 rings (SSSR count). The van der Waals surface area contributed by atoms with Gasteiger partial charge in [0.25, 0.3) is 0 Å². The van der Waals surface area contributed by atoms with Gasteiger partial charge in [0, 0.05) is 17.5 Å². The van der Waals surface area contributed by atoms with Crippen LogP contribution in [0.25, 0.3) is 10.2 Å². The van der Waals surface area contributed by atoms with Gasteiger partial charge in [-0.1, -0.05) is 52.0 Å². The van der Waals surface area contributed by atoms with Gasteiger partial charge in [-0.3, -0.25) is 0 Å². The molecule has 0 saturated carbocycles. The number of nitrogens with one attached hydrogen (secondary N) is 1. The van der Waals surface area contributed by atoms with Gasteiger partial charge in [-0.05, 0) is 64.1 Å². The molecule has 1 atom stereocenters. The predicted octanol–water partition coefficient (Wildman–Crippen LogP) is 6.04. The third-order valence-corrected chi connectivity index (χ3v) is 8.02. The molecule has 1 aliphatic rings. The first-order chi connectivity index (χ1) is 16.0. The van der Waals surface area contributed by atoms with E-state index < -0.39 is 5.60 Å². The van der Waals surface area contributed by atoms with E-state index in [2.05, 4.69) is 35.6 Å². The lowest BCUT2D eigenvalue weighted by Gasteiger charge is -2.40. The number of piperidine rings is 1. The molecule has 1 aliphatic heterocycles. The van der Waals surface area contributed by atoms with Crippen LogP contribution >= 0.6 is 11.3 Å². The zero-order chi connectivity index (χ0) is 23.7. The van der Waals surface area contributed by atoms with Crippen molar-refractivity contribution in [1.82, 2.24) is 15.3 Å². The molecule has 6 heteroatoms. The molecule has 1 saturated heterocycles. The van der Waals surface area contributed by atoms with Crippen molar-refractivity contribution in [1.29, 1.82) is 0 Å². The monoisotopic (exact) mass is 472 g/mol. The van der Waals surface area contributed by atoms with E-state index in [0.29, 0.717) is 12.6 Å². The van der Waals surface area contributed by atoms with Crippen molar-refractivity contribution < 1.29 is 5.11 Å². The van der Waals surface area contributed by atoms with Gasteiger partial charge in [0.15, 0.2) is 0 Å². The van der Waals surface area contributed by atoms with E-state index in [9.17, 15) is 5.11 Å². The summed E-state index contributed by atoms with van der Waals surface area (Å²) < 4.78 is 0. The summed E-state index contributed by atoms with van der Waals surface area (Å²) in [5, 5.41) is 16.1. The minimum atomic E-state index is -0.736. The third-order valence-electron chi connectivity index (χ3n) is 6.86. The fourth-order valence-corrected chi connectivity index (χ4v) is 6.23. The molecule has 0 radical (unpaired) electrons. The van der Waals surface area contributed by atoms with Crippen molar-refractivity contribution in [2.75, 3.05) is 24.5 Å². The first-order valence-electron chi connectivity index (χ1n) is 13.1. The molecule has 3 heterocycles. The molecule has 184 valence electrons. The maximum Gasteiger partial charge on any atom is 0.141 e. The lowest BCUT2D eigenvalue weighted by atomic mass is 9.94. The number of fused-ring (bicyclic) bond motifs is 1. The molecular weight excluding hydrogens is 428 g/mol. The van der Waals surface area contributed by atoms with Gasteiger partial charge in [0.1, 0.15) is 17.0 Å². The largest absolute Gasteiger partial charge is 0.388 e. The van der Waals surface area contributed by atoms with Gasteiger partial charge in [-0.25, -0.2) is 9.97 Å². The lowest BCUT2D eigenvalue weighted by Crippen LogP contribution is -2.50. The van der Waals surface area contributed by atoms with E-state index in [1.807, 2.05) is 13.0 Å². The van der Waals surface area contributed by atoms with Gasteiger partial charge < -0.3 is 15.3 Å². The number of allylic oxidation sites excluding steroid dienone is 1. The summed E-state index contributed by atoms with van der Waals surface area (Å²) in [5.41, 5.74) is 0.670. The van der Waals surface area contributed by atoms with Crippen LogP contribution in [-0.4, -0.2) is 46.4 Å². The number of rotatable bonds is 14. The van der Waals surface area contributed by atoms with Crippen LogP contribution in [0.4, 0.5) is 5.82 Å². The number of anilines is 1. The summed E-state index contributed by atoms with van der Waals surface area (Å²) in [6.07, 6.45) is 15.7. The maximum absolute atomic E-state index is 11.4. The molecule has 0 aromatic carbocycles. The Kier molecular flexibility index (Phi) is 10.1. The van der Waals surface area contributed by atoms with Crippen LogP contribution in [0.1, 0.15) is 89.0 Å². The molecule has 33 heavy (non-hydrogen) atoms. The number of nitrogens with zero attached hydrogens (tertiary/aromatic N) is 3. The Balaban J connectivity index is 2.03. The highest BCUT2D eigenvalue weighted by Crippen LogP contribution is 2.39. The van der Waals surface area contributed by atoms with Crippen molar-refractivity contribution in [2.24, 2.45) is 0 Å². The molecule has 0 bridgehead atoms. The molecule has 5 nitrogen and oxygen atoms in total. The Hall–Kier alpha value is -1.50. The van der Waals surface area contributed by atoms with Crippen LogP contribution in [0.5, 0.6) is 0 Å². The van der Waals surface area contributed by atoms with E-state index in [-0.39, 0.29) is 0 Å². The second kappa shape index (κ2) is 12.8. The Morgan fingerprint density at radius 3 is 2.61 bits per heavy atom. The Labute approximate surface area is 204 Å². The number of aromatic nitrogens is 2. The average Bonchev–Trinajstić information content (AvgIpc) is 3.16. The number of thiophene rings is 1. The zero-order valence-electron chi connectivity index (χ0n) is 21.0. The number of aliphatic hydroxyl groups is 1. The maximum atomic E-state index is 11.4. The van der Waals surface area contributed by atoms with Crippen LogP contribution in [0, 0.1) is 0 Å². The van der Waals surface area contributed by atoms with E-state index in [1.54, 1.807) is 17.7 Å². The van der Waals surface area contributed by atoms with Crippen molar-refractivity contribution in [3.8, 4) is 0 Å². The molecule has 0 aliphatic carbocycles. The molecule has 2 aromatic rings. The Bertz CT molecular complexity index is 872. The van der Waals surface area contributed by atoms with Crippen LogP contribution in [0.2, 0.25) is 0 Å². The highest BCUT2D eigenvalue weighted by atomic mass is 32.1. The fraction of sp³-hybridized carbons (Fsp3) is 0.704. The molecule has 2 aromatic heterocycles. The van der Waals surface area contributed by atoms with Gasteiger partial charge in [-0.2, -0.15) is 0 Å². The molecule has 2 N–H and O–H groups in total. The summed E-state index contributed by atoms with van der Waals surface area (Å²) >= 11 is 1.80.